The first kappa shape index (κ1) is 29.0. The van der Waals surface area contributed by atoms with E-state index < -0.39 is 0 Å². The summed E-state index contributed by atoms with van der Waals surface area (Å²) in [6.45, 7) is 9.67. The van der Waals surface area contributed by atoms with Crippen LogP contribution in [-0.2, 0) is 19.1 Å². The van der Waals surface area contributed by atoms with E-state index in [0.717, 1.165) is 39.3 Å². The molecule has 1 rings (SSSR count). The highest BCUT2D eigenvalue weighted by molar-refractivity contribution is 5.86. The van der Waals surface area contributed by atoms with Crippen molar-refractivity contribution >= 4 is 49.2 Å². The van der Waals surface area contributed by atoms with Crippen LogP contribution in [0.4, 0.5) is 0 Å². The van der Waals surface area contributed by atoms with E-state index in [1.54, 1.807) is 26.0 Å². The predicted octanol–water partition coefficient (Wildman–Crippen LogP) is 2.11. The summed E-state index contributed by atoms with van der Waals surface area (Å²) in [6.07, 6.45) is 6.19. The highest BCUT2D eigenvalue weighted by Gasteiger charge is 2.16. The third kappa shape index (κ3) is 14.1. The van der Waals surface area contributed by atoms with Gasteiger partial charge in [0, 0.05) is 51.4 Å². The molecule has 1 fully saturated rings. The van der Waals surface area contributed by atoms with Crippen molar-refractivity contribution < 1.29 is 19.1 Å². The van der Waals surface area contributed by atoms with Crippen LogP contribution in [0.1, 0.15) is 13.8 Å². The molecule has 1 aliphatic rings. The van der Waals surface area contributed by atoms with E-state index >= 15 is 0 Å². The Hall–Kier alpha value is -0.790. The van der Waals surface area contributed by atoms with Gasteiger partial charge in [-0.05, 0) is 13.8 Å². The van der Waals surface area contributed by atoms with E-state index in [0.29, 0.717) is 13.2 Å². The number of carbonyl (C=O) groups excluding carboxylic acids is 2. The van der Waals surface area contributed by atoms with Crippen LogP contribution in [0.3, 0.4) is 0 Å². The van der Waals surface area contributed by atoms with Crippen molar-refractivity contribution in [3.05, 3.63) is 24.3 Å². The SMILES string of the molecule is C/C=C/C(=O)OCCN1CCN(CCOC(=O)/C=C/C)CC1.Cl.Cl.Cl. The summed E-state index contributed by atoms with van der Waals surface area (Å²) in [5.74, 6) is -0.576. The molecule has 1 heterocycles. The molecule has 0 bridgehead atoms. The second-order valence-electron chi connectivity index (χ2n) is 5.02. The average Bonchev–Trinajstić information content (AvgIpc) is 2.49. The minimum atomic E-state index is -0.288. The molecular weight excluding hydrogens is 391 g/mol. The largest absolute Gasteiger partial charge is 0.461 e. The van der Waals surface area contributed by atoms with Gasteiger partial charge >= 0.3 is 11.9 Å². The maximum absolute atomic E-state index is 11.2. The summed E-state index contributed by atoms with van der Waals surface area (Å²) in [5, 5.41) is 0. The van der Waals surface area contributed by atoms with Crippen LogP contribution in [0.15, 0.2) is 24.3 Å². The summed E-state index contributed by atoms with van der Waals surface area (Å²) in [7, 11) is 0. The molecule has 0 amide bonds. The highest BCUT2D eigenvalue weighted by Crippen LogP contribution is 2.01. The molecule has 1 aliphatic heterocycles. The average molecular weight is 420 g/mol. The first-order valence-corrected chi connectivity index (χ1v) is 7.69. The van der Waals surface area contributed by atoms with Gasteiger partial charge in [0.1, 0.15) is 13.2 Å². The Morgan fingerprint density at radius 2 is 1.08 bits per heavy atom. The smallest absolute Gasteiger partial charge is 0.330 e. The van der Waals surface area contributed by atoms with Crippen LogP contribution >= 0.6 is 37.2 Å². The van der Waals surface area contributed by atoms with Crippen LogP contribution in [0.25, 0.3) is 0 Å². The summed E-state index contributed by atoms with van der Waals surface area (Å²) >= 11 is 0. The molecule has 25 heavy (non-hydrogen) atoms. The van der Waals surface area contributed by atoms with Crippen LogP contribution in [-0.4, -0.2) is 74.2 Å². The monoisotopic (exact) mass is 418 g/mol. The van der Waals surface area contributed by atoms with Crippen molar-refractivity contribution in [2.45, 2.75) is 13.8 Å². The third-order valence-corrected chi connectivity index (χ3v) is 3.37. The molecule has 0 aromatic carbocycles. The Balaban J connectivity index is -0.00000161. The lowest BCUT2D eigenvalue weighted by atomic mass is 10.3. The number of rotatable bonds is 8. The van der Waals surface area contributed by atoms with Crippen molar-refractivity contribution in [3.63, 3.8) is 0 Å². The molecule has 148 valence electrons. The first-order chi connectivity index (χ1) is 10.7. The molecule has 0 atom stereocenters. The fraction of sp³-hybridized carbons (Fsp3) is 0.625. The fourth-order valence-electron chi connectivity index (χ4n) is 2.16. The zero-order chi connectivity index (χ0) is 16.2. The molecule has 0 aliphatic carbocycles. The molecular formula is C16H29Cl3N2O4. The fourth-order valence-corrected chi connectivity index (χ4v) is 2.16. The number of nitrogens with zero attached hydrogens (tertiary/aromatic N) is 2. The van der Waals surface area contributed by atoms with E-state index in [1.807, 2.05) is 0 Å². The normalized spacial score (nSPS) is 15.1. The number of piperazine rings is 1. The molecule has 1 saturated heterocycles. The second kappa shape index (κ2) is 18.0. The number of ether oxygens (including phenoxy) is 2. The molecule has 0 spiro atoms. The quantitative estimate of drug-likeness (QED) is 0.443. The van der Waals surface area contributed by atoms with Crippen LogP contribution in [0, 0.1) is 0 Å². The molecule has 0 aromatic heterocycles. The Bertz CT molecular complexity index is 374. The van der Waals surface area contributed by atoms with Crippen molar-refractivity contribution in [1.82, 2.24) is 9.80 Å². The van der Waals surface area contributed by atoms with Gasteiger partial charge in [-0.1, -0.05) is 12.2 Å². The molecule has 0 aromatic rings. The van der Waals surface area contributed by atoms with Gasteiger partial charge in [0.25, 0.3) is 0 Å². The van der Waals surface area contributed by atoms with Crippen molar-refractivity contribution in [1.29, 1.82) is 0 Å². The molecule has 0 N–H and O–H groups in total. The first-order valence-electron chi connectivity index (χ1n) is 7.69. The molecule has 9 heteroatoms. The summed E-state index contributed by atoms with van der Waals surface area (Å²) < 4.78 is 10.2. The predicted molar refractivity (Wildman–Crippen MR) is 106 cm³/mol. The van der Waals surface area contributed by atoms with Gasteiger partial charge in [0.05, 0.1) is 0 Å². The molecule has 0 radical (unpaired) electrons. The Kier molecular flexibility index (Phi) is 20.9. The molecule has 6 nitrogen and oxygen atoms in total. The van der Waals surface area contributed by atoms with Gasteiger partial charge in [0.15, 0.2) is 0 Å². The number of esters is 2. The van der Waals surface area contributed by atoms with Crippen LogP contribution < -0.4 is 0 Å². The number of hydrogen-bond donors (Lipinski definition) is 0. The molecule has 0 unspecified atom stereocenters. The van der Waals surface area contributed by atoms with Gasteiger partial charge in [-0.15, -0.1) is 37.2 Å². The zero-order valence-corrected chi connectivity index (χ0v) is 17.2. The van der Waals surface area contributed by atoms with E-state index in [2.05, 4.69) is 9.80 Å². The Morgan fingerprint density at radius 3 is 1.36 bits per heavy atom. The van der Waals surface area contributed by atoms with E-state index in [9.17, 15) is 9.59 Å². The number of hydrogen-bond acceptors (Lipinski definition) is 6. The lowest BCUT2D eigenvalue weighted by Crippen LogP contribution is -2.48. The zero-order valence-electron chi connectivity index (χ0n) is 14.7. The highest BCUT2D eigenvalue weighted by atomic mass is 35.5. The van der Waals surface area contributed by atoms with Crippen molar-refractivity contribution in [2.24, 2.45) is 0 Å². The van der Waals surface area contributed by atoms with Crippen LogP contribution in [0.5, 0.6) is 0 Å². The Labute approximate surface area is 168 Å². The lowest BCUT2D eigenvalue weighted by Gasteiger charge is -2.34. The number of carbonyl (C=O) groups is 2. The molecule has 0 saturated carbocycles. The summed E-state index contributed by atoms with van der Waals surface area (Å²) in [6, 6.07) is 0. The van der Waals surface area contributed by atoms with Crippen molar-refractivity contribution in [3.8, 4) is 0 Å². The minimum Gasteiger partial charge on any atom is -0.461 e. The number of allylic oxidation sites excluding steroid dienone is 2. The summed E-state index contributed by atoms with van der Waals surface area (Å²) in [5.41, 5.74) is 0. The maximum atomic E-state index is 11.2. The van der Waals surface area contributed by atoms with Gasteiger partial charge in [-0.2, -0.15) is 0 Å². The lowest BCUT2D eigenvalue weighted by molar-refractivity contribution is -0.139. The third-order valence-electron chi connectivity index (χ3n) is 3.37. The van der Waals surface area contributed by atoms with Gasteiger partial charge in [-0.25, -0.2) is 9.59 Å². The van der Waals surface area contributed by atoms with E-state index in [1.165, 1.54) is 12.2 Å². The number of halogens is 3. The van der Waals surface area contributed by atoms with E-state index in [4.69, 9.17) is 9.47 Å². The van der Waals surface area contributed by atoms with Crippen molar-refractivity contribution in [2.75, 3.05) is 52.5 Å². The van der Waals surface area contributed by atoms with Crippen LogP contribution in [0.2, 0.25) is 0 Å². The summed E-state index contributed by atoms with van der Waals surface area (Å²) in [4.78, 5) is 26.9. The minimum absolute atomic E-state index is 0. The van der Waals surface area contributed by atoms with Gasteiger partial charge in [0.2, 0.25) is 0 Å². The van der Waals surface area contributed by atoms with E-state index in [-0.39, 0.29) is 49.2 Å². The van der Waals surface area contributed by atoms with Gasteiger partial charge < -0.3 is 9.47 Å². The maximum Gasteiger partial charge on any atom is 0.330 e. The second-order valence-corrected chi connectivity index (χ2v) is 5.02. The topological polar surface area (TPSA) is 59.1 Å². The van der Waals surface area contributed by atoms with Gasteiger partial charge in [-0.3, -0.25) is 9.80 Å². The Morgan fingerprint density at radius 1 is 0.760 bits per heavy atom. The standard InChI is InChI=1S/C16H26N2O4.3ClH/c1-3-5-15(19)21-13-11-17-7-9-18(10-8-17)12-14-22-16(20)6-4-2;;;/h3-6H,7-14H2,1-2H3;3*1H/b5-3+,6-4+;;;.